The van der Waals surface area contributed by atoms with Crippen molar-refractivity contribution in [2.45, 2.75) is 11.7 Å². The number of benzene rings is 1. The Balaban J connectivity index is 1.85. The molecular weight excluding hydrogens is 352 g/mol. The van der Waals surface area contributed by atoms with Crippen LogP contribution in [0.25, 0.3) is 0 Å². The molecule has 1 atom stereocenters. The predicted octanol–water partition coefficient (Wildman–Crippen LogP) is 1.47. The van der Waals surface area contributed by atoms with Crippen LogP contribution in [0.15, 0.2) is 30.5 Å². The fourth-order valence-electron chi connectivity index (χ4n) is 2.84. The number of amides is 1. The second-order valence-electron chi connectivity index (χ2n) is 5.74. The van der Waals surface area contributed by atoms with Crippen LogP contribution in [-0.2, 0) is 16.9 Å². The van der Waals surface area contributed by atoms with E-state index in [1.807, 2.05) is 0 Å². The van der Waals surface area contributed by atoms with Gasteiger partial charge in [0, 0.05) is 25.2 Å². The fraction of sp³-hybridized carbons (Fsp3) is 0.400. The van der Waals surface area contributed by atoms with Gasteiger partial charge in [0.15, 0.2) is 15.5 Å². The van der Waals surface area contributed by atoms with Gasteiger partial charge in [0.2, 0.25) is 0 Å². The van der Waals surface area contributed by atoms with Gasteiger partial charge in [-0.3, -0.25) is 9.48 Å². The van der Waals surface area contributed by atoms with Gasteiger partial charge in [-0.05, 0) is 18.1 Å². The molecule has 0 N–H and O–H groups in total. The second kappa shape index (κ2) is 6.52. The number of sulfone groups is 1. The average Bonchev–Trinajstić information content (AvgIpc) is 2.90. The molecule has 2 aromatic rings. The fourth-order valence-corrected chi connectivity index (χ4v) is 4.99. The molecule has 3 rings (SSSR count). The number of rotatable bonds is 2. The molecule has 0 aliphatic carbocycles. The van der Waals surface area contributed by atoms with Gasteiger partial charge in [0.05, 0.1) is 17.2 Å². The van der Waals surface area contributed by atoms with E-state index in [0.29, 0.717) is 23.6 Å². The standard InChI is InChI=1S/C15H17ClN4O3S/c1-19-10-13(17-18-19)15(21)20-7-6-14(24(22,23)9-8-20)11-4-2-3-5-12(11)16/h2-5,10,14H,6-9H2,1H3. The molecular formula is C15H17ClN4O3S. The number of aryl methyl sites for hydroxylation is 1. The topological polar surface area (TPSA) is 85.2 Å². The summed E-state index contributed by atoms with van der Waals surface area (Å²) in [7, 11) is -1.73. The Hall–Kier alpha value is -1.93. The maximum Gasteiger partial charge on any atom is 0.276 e. The molecule has 9 heteroatoms. The molecule has 0 saturated carbocycles. The number of aromatic nitrogens is 3. The molecule has 1 amide bonds. The van der Waals surface area contributed by atoms with Gasteiger partial charge in [-0.25, -0.2) is 8.42 Å². The maximum atomic E-state index is 12.6. The van der Waals surface area contributed by atoms with E-state index in [2.05, 4.69) is 10.3 Å². The predicted molar refractivity (Wildman–Crippen MR) is 89.5 cm³/mol. The second-order valence-corrected chi connectivity index (χ2v) is 8.45. The lowest BCUT2D eigenvalue weighted by atomic mass is 10.1. The first-order valence-corrected chi connectivity index (χ1v) is 9.59. The number of halogens is 1. The Morgan fingerprint density at radius 3 is 2.71 bits per heavy atom. The molecule has 7 nitrogen and oxygen atoms in total. The Morgan fingerprint density at radius 1 is 1.29 bits per heavy atom. The molecule has 0 bridgehead atoms. The summed E-state index contributed by atoms with van der Waals surface area (Å²) in [5, 5.41) is 7.27. The summed E-state index contributed by atoms with van der Waals surface area (Å²) < 4.78 is 26.7. The molecule has 0 spiro atoms. The van der Waals surface area contributed by atoms with Crippen LogP contribution in [0.5, 0.6) is 0 Å². The van der Waals surface area contributed by atoms with Crippen LogP contribution in [0.1, 0.15) is 27.7 Å². The van der Waals surface area contributed by atoms with Crippen molar-refractivity contribution < 1.29 is 13.2 Å². The van der Waals surface area contributed by atoms with Crippen molar-refractivity contribution in [2.24, 2.45) is 7.05 Å². The van der Waals surface area contributed by atoms with Gasteiger partial charge in [-0.2, -0.15) is 0 Å². The van der Waals surface area contributed by atoms with Crippen molar-refractivity contribution in [3.8, 4) is 0 Å². The lowest BCUT2D eigenvalue weighted by molar-refractivity contribution is 0.0760. The Bertz CT molecular complexity index is 865. The van der Waals surface area contributed by atoms with E-state index >= 15 is 0 Å². The number of hydrogen-bond acceptors (Lipinski definition) is 5. The van der Waals surface area contributed by atoms with Crippen LogP contribution in [0.2, 0.25) is 5.02 Å². The van der Waals surface area contributed by atoms with Crippen LogP contribution in [-0.4, -0.2) is 53.1 Å². The molecule has 1 aromatic carbocycles. The molecule has 1 fully saturated rings. The summed E-state index contributed by atoms with van der Waals surface area (Å²) in [4.78, 5) is 14.0. The van der Waals surface area contributed by atoms with Crippen LogP contribution in [0.3, 0.4) is 0 Å². The molecule has 24 heavy (non-hydrogen) atoms. The minimum atomic E-state index is -3.40. The number of nitrogens with zero attached hydrogens (tertiary/aromatic N) is 4. The van der Waals surface area contributed by atoms with Crippen LogP contribution < -0.4 is 0 Å². The molecule has 1 unspecified atom stereocenters. The molecule has 1 aromatic heterocycles. The first kappa shape index (κ1) is 16.9. The van der Waals surface area contributed by atoms with E-state index in [0.717, 1.165) is 0 Å². The largest absolute Gasteiger partial charge is 0.336 e. The molecule has 2 heterocycles. The van der Waals surface area contributed by atoms with Crippen LogP contribution in [0, 0.1) is 0 Å². The zero-order chi connectivity index (χ0) is 17.3. The quantitative estimate of drug-likeness (QED) is 0.801. The summed E-state index contributed by atoms with van der Waals surface area (Å²) >= 11 is 6.17. The Kier molecular flexibility index (Phi) is 4.60. The minimum Gasteiger partial charge on any atom is -0.336 e. The van der Waals surface area contributed by atoms with Crippen molar-refractivity contribution in [2.75, 3.05) is 18.8 Å². The average molecular weight is 369 g/mol. The highest BCUT2D eigenvalue weighted by molar-refractivity contribution is 7.91. The summed E-state index contributed by atoms with van der Waals surface area (Å²) in [6, 6.07) is 6.94. The highest BCUT2D eigenvalue weighted by Crippen LogP contribution is 2.33. The van der Waals surface area contributed by atoms with Crippen molar-refractivity contribution in [1.82, 2.24) is 19.9 Å². The maximum absolute atomic E-state index is 12.6. The third kappa shape index (κ3) is 3.29. The summed E-state index contributed by atoms with van der Waals surface area (Å²) in [5.41, 5.74) is 0.805. The van der Waals surface area contributed by atoms with Gasteiger partial charge in [-0.15, -0.1) is 5.10 Å². The Labute approximate surface area is 145 Å². The van der Waals surface area contributed by atoms with Crippen LogP contribution >= 0.6 is 11.6 Å². The normalized spacial score (nSPS) is 20.6. The highest BCUT2D eigenvalue weighted by atomic mass is 35.5. The van der Waals surface area contributed by atoms with Gasteiger partial charge in [0.25, 0.3) is 5.91 Å². The SMILES string of the molecule is Cn1cc(C(=O)N2CCC(c3ccccc3Cl)S(=O)(=O)CC2)nn1. The van der Waals surface area contributed by atoms with Crippen molar-refractivity contribution in [3.05, 3.63) is 46.7 Å². The van der Waals surface area contributed by atoms with Gasteiger partial charge in [-0.1, -0.05) is 35.0 Å². The molecule has 1 aliphatic heterocycles. The first-order chi connectivity index (χ1) is 11.4. The zero-order valence-electron chi connectivity index (χ0n) is 13.1. The number of carbonyl (C=O) groups excluding carboxylic acids is 1. The number of hydrogen-bond donors (Lipinski definition) is 0. The molecule has 0 radical (unpaired) electrons. The lowest BCUT2D eigenvalue weighted by Gasteiger charge is -2.18. The van der Waals surface area contributed by atoms with Gasteiger partial charge in [0.1, 0.15) is 0 Å². The van der Waals surface area contributed by atoms with Crippen molar-refractivity contribution >= 4 is 27.3 Å². The summed E-state index contributed by atoms with van der Waals surface area (Å²) in [6.07, 6.45) is 1.82. The third-order valence-electron chi connectivity index (χ3n) is 4.10. The molecule has 1 saturated heterocycles. The number of carbonyl (C=O) groups is 1. The van der Waals surface area contributed by atoms with E-state index < -0.39 is 15.1 Å². The first-order valence-electron chi connectivity index (χ1n) is 7.50. The van der Waals surface area contributed by atoms with E-state index in [9.17, 15) is 13.2 Å². The minimum absolute atomic E-state index is 0.102. The molecule has 1 aliphatic rings. The van der Waals surface area contributed by atoms with E-state index in [1.165, 1.54) is 15.8 Å². The van der Waals surface area contributed by atoms with Crippen molar-refractivity contribution in [1.29, 1.82) is 0 Å². The zero-order valence-corrected chi connectivity index (χ0v) is 14.7. The Morgan fingerprint density at radius 2 is 2.04 bits per heavy atom. The third-order valence-corrected chi connectivity index (χ3v) is 6.55. The highest BCUT2D eigenvalue weighted by Gasteiger charge is 2.34. The summed E-state index contributed by atoms with van der Waals surface area (Å²) in [5.74, 6) is -0.410. The van der Waals surface area contributed by atoms with E-state index in [-0.39, 0.29) is 23.9 Å². The molecule has 128 valence electrons. The van der Waals surface area contributed by atoms with Gasteiger partial charge >= 0.3 is 0 Å². The van der Waals surface area contributed by atoms with Gasteiger partial charge < -0.3 is 4.90 Å². The van der Waals surface area contributed by atoms with Crippen LogP contribution in [0.4, 0.5) is 0 Å². The monoisotopic (exact) mass is 368 g/mol. The summed E-state index contributed by atoms with van der Waals surface area (Å²) in [6.45, 7) is 0.462. The lowest BCUT2D eigenvalue weighted by Crippen LogP contribution is -2.33. The smallest absolute Gasteiger partial charge is 0.276 e. The van der Waals surface area contributed by atoms with E-state index in [4.69, 9.17) is 11.6 Å². The van der Waals surface area contributed by atoms with Crippen molar-refractivity contribution in [3.63, 3.8) is 0 Å². The van der Waals surface area contributed by atoms with E-state index in [1.54, 1.807) is 31.3 Å².